The molecule has 3 heteroatoms. The van der Waals surface area contributed by atoms with Crippen LogP contribution in [0.2, 0.25) is 0 Å². The van der Waals surface area contributed by atoms with Crippen LogP contribution < -0.4 is 5.32 Å². The van der Waals surface area contributed by atoms with E-state index in [0.717, 1.165) is 16.6 Å². The van der Waals surface area contributed by atoms with E-state index in [9.17, 15) is 4.79 Å². The van der Waals surface area contributed by atoms with Gasteiger partial charge in [-0.15, -0.1) is 0 Å². The average Bonchev–Trinajstić information content (AvgIpc) is 3.12. The second-order valence-electron chi connectivity index (χ2n) is 7.34. The number of nitrogens with one attached hydrogen (secondary N) is 2. The molecule has 0 aliphatic heterocycles. The Morgan fingerprint density at radius 3 is 2.36 bits per heavy atom. The Morgan fingerprint density at radius 1 is 0.929 bits per heavy atom. The number of H-pyrrole nitrogens is 1. The number of hydrogen-bond donors (Lipinski definition) is 2. The highest BCUT2D eigenvalue weighted by molar-refractivity contribution is 5.94. The Kier molecular flexibility index (Phi) is 4.98. The minimum atomic E-state index is -0.0347. The van der Waals surface area contributed by atoms with Crippen LogP contribution in [0.15, 0.2) is 79.0 Å². The van der Waals surface area contributed by atoms with Crippen LogP contribution in [0.5, 0.6) is 0 Å². The topological polar surface area (TPSA) is 44.9 Å². The molecule has 4 aromatic rings. The number of fused-ring (bicyclic) bond motifs is 1. The van der Waals surface area contributed by atoms with Crippen LogP contribution >= 0.6 is 0 Å². The van der Waals surface area contributed by atoms with Crippen LogP contribution in [0.4, 0.5) is 0 Å². The van der Waals surface area contributed by atoms with Gasteiger partial charge < -0.3 is 10.3 Å². The third kappa shape index (κ3) is 3.70. The predicted octanol–water partition coefficient (Wildman–Crippen LogP) is 5.35. The second kappa shape index (κ2) is 7.73. The van der Waals surface area contributed by atoms with E-state index in [1.807, 2.05) is 50.2 Å². The summed E-state index contributed by atoms with van der Waals surface area (Å²) in [6.45, 7) is 4.57. The van der Waals surface area contributed by atoms with Gasteiger partial charge in [0.05, 0.1) is 0 Å². The number of aryl methyl sites for hydroxylation is 2. The van der Waals surface area contributed by atoms with Crippen molar-refractivity contribution in [3.8, 4) is 0 Å². The first-order valence-corrected chi connectivity index (χ1v) is 9.59. The summed E-state index contributed by atoms with van der Waals surface area (Å²) in [5, 5.41) is 4.34. The molecule has 0 bridgehead atoms. The van der Waals surface area contributed by atoms with Gasteiger partial charge in [-0.25, -0.2) is 0 Å². The molecule has 0 spiro atoms. The zero-order valence-corrected chi connectivity index (χ0v) is 16.2. The third-order valence-electron chi connectivity index (χ3n) is 5.15. The van der Waals surface area contributed by atoms with E-state index in [-0.39, 0.29) is 11.8 Å². The molecule has 1 atom stereocenters. The lowest BCUT2D eigenvalue weighted by atomic mass is 9.91. The molecule has 28 heavy (non-hydrogen) atoms. The van der Waals surface area contributed by atoms with Crippen LogP contribution in [-0.4, -0.2) is 17.4 Å². The lowest BCUT2D eigenvalue weighted by molar-refractivity contribution is 0.0952. The molecular formula is C25H24N2O. The summed E-state index contributed by atoms with van der Waals surface area (Å²) in [6.07, 6.45) is 2.06. The summed E-state index contributed by atoms with van der Waals surface area (Å²) in [5.41, 5.74) is 6.40. The van der Waals surface area contributed by atoms with Crippen molar-refractivity contribution in [3.63, 3.8) is 0 Å². The summed E-state index contributed by atoms with van der Waals surface area (Å²) in [6, 6.07) is 24.6. The Hall–Kier alpha value is -3.33. The average molecular weight is 368 g/mol. The van der Waals surface area contributed by atoms with Gasteiger partial charge in [0, 0.05) is 35.1 Å². The normalized spacial score (nSPS) is 12.1. The molecule has 4 rings (SSSR count). The van der Waals surface area contributed by atoms with Gasteiger partial charge in [0.25, 0.3) is 5.91 Å². The van der Waals surface area contributed by atoms with Crippen LogP contribution in [0.1, 0.15) is 38.5 Å². The predicted molar refractivity (Wildman–Crippen MR) is 115 cm³/mol. The van der Waals surface area contributed by atoms with Crippen molar-refractivity contribution < 1.29 is 4.79 Å². The number of carbonyl (C=O) groups is 1. The first kappa shape index (κ1) is 18.1. The smallest absolute Gasteiger partial charge is 0.251 e. The molecule has 0 saturated heterocycles. The molecule has 0 aliphatic rings. The lowest BCUT2D eigenvalue weighted by Gasteiger charge is -2.18. The van der Waals surface area contributed by atoms with Crippen LogP contribution in [0.3, 0.4) is 0 Å². The largest absolute Gasteiger partial charge is 0.361 e. The number of hydrogen-bond acceptors (Lipinski definition) is 1. The zero-order chi connectivity index (χ0) is 19.5. The van der Waals surface area contributed by atoms with Gasteiger partial charge in [0.1, 0.15) is 0 Å². The maximum atomic E-state index is 12.8. The van der Waals surface area contributed by atoms with Crippen molar-refractivity contribution in [2.75, 3.05) is 6.54 Å². The minimum absolute atomic E-state index is 0.0347. The summed E-state index contributed by atoms with van der Waals surface area (Å²) in [5.74, 6) is 0.0415. The Balaban J connectivity index is 1.64. The molecule has 3 nitrogen and oxygen atoms in total. The van der Waals surface area contributed by atoms with Gasteiger partial charge in [-0.1, -0.05) is 65.7 Å². The van der Waals surface area contributed by atoms with E-state index in [2.05, 4.69) is 52.9 Å². The quantitative estimate of drug-likeness (QED) is 0.490. The molecule has 0 saturated carbocycles. The molecular weight excluding hydrogens is 344 g/mol. The maximum Gasteiger partial charge on any atom is 0.251 e. The number of amides is 1. The first-order valence-electron chi connectivity index (χ1n) is 9.59. The summed E-state index contributed by atoms with van der Waals surface area (Å²) < 4.78 is 0. The molecule has 0 fully saturated rings. The molecule has 2 N–H and O–H groups in total. The third-order valence-corrected chi connectivity index (χ3v) is 5.15. The minimum Gasteiger partial charge on any atom is -0.361 e. The fourth-order valence-electron chi connectivity index (χ4n) is 3.88. The van der Waals surface area contributed by atoms with Gasteiger partial charge >= 0.3 is 0 Å². The van der Waals surface area contributed by atoms with Crippen molar-refractivity contribution in [1.29, 1.82) is 0 Å². The highest BCUT2D eigenvalue weighted by Gasteiger charge is 2.19. The molecule has 0 unspecified atom stereocenters. The Morgan fingerprint density at radius 2 is 1.61 bits per heavy atom. The van der Waals surface area contributed by atoms with Gasteiger partial charge in [-0.3, -0.25) is 4.79 Å². The van der Waals surface area contributed by atoms with Gasteiger partial charge in [-0.05, 0) is 43.2 Å². The number of benzene rings is 3. The van der Waals surface area contributed by atoms with E-state index < -0.39 is 0 Å². The number of rotatable bonds is 5. The van der Waals surface area contributed by atoms with Crippen LogP contribution in [0.25, 0.3) is 10.9 Å². The molecule has 0 radical (unpaired) electrons. The van der Waals surface area contributed by atoms with Crippen molar-refractivity contribution in [2.45, 2.75) is 19.8 Å². The second-order valence-corrected chi connectivity index (χ2v) is 7.34. The fraction of sp³-hybridized carbons (Fsp3) is 0.160. The van der Waals surface area contributed by atoms with Crippen molar-refractivity contribution in [3.05, 3.63) is 107 Å². The van der Waals surface area contributed by atoms with Crippen molar-refractivity contribution in [2.24, 2.45) is 0 Å². The monoisotopic (exact) mass is 368 g/mol. The molecule has 1 aromatic heterocycles. The Labute approximate surface area is 165 Å². The van der Waals surface area contributed by atoms with E-state index in [1.54, 1.807) is 0 Å². The van der Waals surface area contributed by atoms with Gasteiger partial charge in [0.2, 0.25) is 0 Å². The van der Waals surface area contributed by atoms with E-state index in [0.29, 0.717) is 12.1 Å². The standard InChI is InChI=1S/C25H24N2O/c1-17-12-18(2)14-20(13-17)25(28)27-15-22(19-8-4-3-5-9-19)23-16-26-24-11-7-6-10-21(23)24/h3-14,16,22,26H,15H2,1-2H3,(H,27,28)/t22-/m1/s1. The van der Waals surface area contributed by atoms with E-state index >= 15 is 0 Å². The lowest BCUT2D eigenvalue weighted by Crippen LogP contribution is -2.29. The number of aromatic nitrogens is 1. The van der Waals surface area contributed by atoms with Crippen molar-refractivity contribution in [1.82, 2.24) is 10.3 Å². The number of aromatic amines is 1. The SMILES string of the molecule is Cc1cc(C)cc(C(=O)NC[C@H](c2ccccc2)c2c[nH]c3ccccc23)c1. The van der Waals surface area contributed by atoms with Crippen molar-refractivity contribution >= 4 is 16.8 Å². The van der Waals surface area contributed by atoms with E-state index in [1.165, 1.54) is 16.5 Å². The summed E-state index contributed by atoms with van der Waals surface area (Å²) in [4.78, 5) is 16.2. The highest BCUT2D eigenvalue weighted by Crippen LogP contribution is 2.30. The zero-order valence-electron chi connectivity index (χ0n) is 16.2. The molecule has 1 heterocycles. The number of carbonyl (C=O) groups excluding carboxylic acids is 1. The molecule has 1 amide bonds. The highest BCUT2D eigenvalue weighted by atomic mass is 16.1. The van der Waals surface area contributed by atoms with E-state index in [4.69, 9.17) is 0 Å². The summed E-state index contributed by atoms with van der Waals surface area (Å²) >= 11 is 0. The first-order chi connectivity index (χ1) is 13.6. The Bertz CT molecular complexity index is 1090. The number of para-hydroxylation sites is 1. The molecule has 0 aliphatic carbocycles. The van der Waals surface area contributed by atoms with Gasteiger partial charge in [-0.2, -0.15) is 0 Å². The summed E-state index contributed by atoms with van der Waals surface area (Å²) in [7, 11) is 0. The maximum absolute atomic E-state index is 12.8. The fourth-order valence-corrected chi connectivity index (χ4v) is 3.88. The van der Waals surface area contributed by atoms with Crippen LogP contribution in [0, 0.1) is 13.8 Å². The molecule has 3 aromatic carbocycles. The van der Waals surface area contributed by atoms with Crippen LogP contribution in [-0.2, 0) is 0 Å². The molecule has 140 valence electrons. The van der Waals surface area contributed by atoms with Gasteiger partial charge in [0.15, 0.2) is 0 Å².